The number of hydrogen-bond acceptors (Lipinski definition) is 6. The van der Waals surface area contributed by atoms with Gasteiger partial charge in [-0.3, -0.25) is 9.58 Å². The molecular weight excluding hydrogens is 332 g/mol. The smallest absolute Gasteiger partial charge is 0.351 e. The first-order valence-electron chi connectivity index (χ1n) is 8.67. The zero-order chi connectivity index (χ0) is 17.7. The summed E-state index contributed by atoms with van der Waals surface area (Å²) in [5, 5.41) is 8.49. The van der Waals surface area contributed by atoms with Crippen molar-refractivity contribution in [2.75, 3.05) is 22.9 Å². The molecule has 2 aliphatic rings. The normalized spacial score (nSPS) is 16.6. The highest BCUT2D eigenvalue weighted by molar-refractivity contribution is 5.95. The number of hydrogen-bond donors (Lipinski definition) is 0. The van der Waals surface area contributed by atoms with Crippen LogP contribution in [0.3, 0.4) is 0 Å². The lowest BCUT2D eigenvalue weighted by molar-refractivity contribution is 0.248. The van der Waals surface area contributed by atoms with Gasteiger partial charge in [0.2, 0.25) is 0 Å². The van der Waals surface area contributed by atoms with Gasteiger partial charge in [-0.1, -0.05) is 0 Å². The molecule has 132 valence electrons. The summed E-state index contributed by atoms with van der Waals surface area (Å²) >= 11 is 0. The van der Waals surface area contributed by atoms with Crippen molar-refractivity contribution in [1.29, 1.82) is 0 Å². The SMILES string of the molecule is Cn1cc(N2Cc3nc(-c4ccc(N5CCCC5)nc4)nn3C2=O)cn1. The molecule has 2 aliphatic heterocycles. The van der Waals surface area contributed by atoms with E-state index in [2.05, 4.69) is 25.1 Å². The summed E-state index contributed by atoms with van der Waals surface area (Å²) in [7, 11) is 1.82. The number of rotatable bonds is 3. The van der Waals surface area contributed by atoms with Crippen LogP contribution >= 0.6 is 0 Å². The molecule has 0 spiro atoms. The third-order valence-electron chi connectivity index (χ3n) is 4.82. The Morgan fingerprint density at radius 3 is 2.62 bits per heavy atom. The average Bonchev–Trinajstić information content (AvgIpc) is 3.41. The van der Waals surface area contributed by atoms with E-state index in [1.54, 1.807) is 28.2 Å². The van der Waals surface area contributed by atoms with Crippen molar-refractivity contribution in [2.24, 2.45) is 7.05 Å². The van der Waals surface area contributed by atoms with Gasteiger partial charge >= 0.3 is 6.03 Å². The van der Waals surface area contributed by atoms with E-state index in [4.69, 9.17) is 0 Å². The van der Waals surface area contributed by atoms with Gasteiger partial charge in [0.05, 0.1) is 18.4 Å². The number of pyridine rings is 1. The highest BCUT2D eigenvalue weighted by Gasteiger charge is 2.32. The van der Waals surface area contributed by atoms with Crippen LogP contribution in [0.2, 0.25) is 0 Å². The molecule has 5 rings (SSSR count). The Morgan fingerprint density at radius 2 is 1.96 bits per heavy atom. The van der Waals surface area contributed by atoms with E-state index in [-0.39, 0.29) is 6.03 Å². The monoisotopic (exact) mass is 350 g/mol. The maximum absolute atomic E-state index is 12.6. The van der Waals surface area contributed by atoms with Crippen LogP contribution in [0.15, 0.2) is 30.7 Å². The quantitative estimate of drug-likeness (QED) is 0.714. The maximum Gasteiger partial charge on any atom is 0.351 e. The lowest BCUT2D eigenvalue weighted by Gasteiger charge is -2.15. The van der Waals surface area contributed by atoms with E-state index < -0.39 is 0 Å². The highest BCUT2D eigenvalue weighted by Crippen LogP contribution is 2.26. The summed E-state index contributed by atoms with van der Waals surface area (Å²) in [6, 6.07) is 3.75. The zero-order valence-electron chi connectivity index (χ0n) is 14.4. The first-order chi connectivity index (χ1) is 12.7. The van der Waals surface area contributed by atoms with Crippen LogP contribution in [0.1, 0.15) is 18.7 Å². The van der Waals surface area contributed by atoms with Crippen molar-refractivity contribution in [3.8, 4) is 11.4 Å². The number of anilines is 2. The Labute approximate surface area is 149 Å². The molecule has 0 N–H and O–H groups in total. The second kappa shape index (κ2) is 5.65. The van der Waals surface area contributed by atoms with Crippen LogP contribution in [-0.2, 0) is 13.6 Å². The molecule has 0 atom stereocenters. The third-order valence-corrected chi connectivity index (χ3v) is 4.82. The molecular formula is C17H18N8O. The van der Waals surface area contributed by atoms with Crippen molar-refractivity contribution in [1.82, 2.24) is 29.5 Å². The molecule has 0 unspecified atom stereocenters. The first-order valence-corrected chi connectivity index (χ1v) is 8.67. The number of nitrogens with zero attached hydrogens (tertiary/aromatic N) is 8. The number of aromatic nitrogens is 6. The minimum Gasteiger partial charge on any atom is -0.357 e. The maximum atomic E-state index is 12.6. The fourth-order valence-corrected chi connectivity index (χ4v) is 3.45. The molecule has 0 radical (unpaired) electrons. The Bertz CT molecular complexity index is 967. The van der Waals surface area contributed by atoms with Gasteiger partial charge in [0.15, 0.2) is 11.6 Å². The summed E-state index contributed by atoms with van der Waals surface area (Å²) in [6.45, 7) is 2.50. The molecule has 3 aromatic rings. The van der Waals surface area contributed by atoms with Gasteiger partial charge in [-0.15, -0.1) is 5.10 Å². The van der Waals surface area contributed by atoms with E-state index in [1.165, 1.54) is 17.5 Å². The fourth-order valence-electron chi connectivity index (χ4n) is 3.45. The minimum absolute atomic E-state index is 0.214. The van der Waals surface area contributed by atoms with Crippen LogP contribution in [-0.4, -0.2) is 48.6 Å². The van der Waals surface area contributed by atoms with Crippen molar-refractivity contribution in [3.05, 3.63) is 36.5 Å². The van der Waals surface area contributed by atoms with E-state index in [1.807, 2.05) is 19.2 Å². The summed E-state index contributed by atoms with van der Waals surface area (Å²) in [5.41, 5.74) is 1.55. The number of carbonyl (C=O) groups excluding carboxylic acids is 1. The van der Waals surface area contributed by atoms with Gasteiger partial charge in [0, 0.05) is 38.1 Å². The average molecular weight is 350 g/mol. The molecule has 0 bridgehead atoms. The third kappa shape index (κ3) is 2.35. The van der Waals surface area contributed by atoms with Crippen molar-refractivity contribution >= 4 is 17.5 Å². The number of aryl methyl sites for hydroxylation is 1. The molecule has 9 heteroatoms. The van der Waals surface area contributed by atoms with E-state index in [0.29, 0.717) is 18.2 Å². The molecule has 0 saturated carbocycles. The van der Waals surface area contributed by atoms with Gasteiger partial charge in [0.1, 0.15) is 5.82 Å². The molecule has 5 heterocycles. The number of amides is 1. The van der Waals surface area contributed by atoms with Crippen LogP contribution in [0.5, 0.6) is 0 Å². The van der Waals surface area contributed by atoms with Gasteiger partial charge in [-0.2, -0.15) is 9.78 Å². The Hall–Kier alpha value is -3.23. The molecule has 1 amide bonds. The summed E-state index contributed by atoms with van der Waals surface area (Å²) in [6.07, 6.45) is 7.67. The highest BCUT2D eigenvalue weighted by atomic mass is 16.2. The molecule has 9 nitrogen and oxygen atoms in total. The summed E-state index contributed by atoms with van der Waals surface area (Å²) < 4.78 is 3.02. The van der Waals surface area contributed by atoms with Crippen molar-refractivity contribution in [3.63, 3.8) is 0 Å². The molecule has 26 heavy (non-hydrogen) atoms. The van der Waals surface area contributed by atoms with E-state index >= 15 is 0 Å². The second-order valence-corrected chi connectivity index (χ2v) is 6.60. The fraction of sp³-hybridized carbons (Fsp3) is 0.353. The first kappa shape index (κ1) is 15.1. The Morgan fingerprint density at radius 1 is 1.12 bits per heavy atom. The lowest BCUT2D eigenvalue weighted by Crippen LogP contribution is -2.26. The van der Waals surface area contributed by atoms with Gasteiger partial charge in [-0.25, -0.2) is 14.8 Å². The van der Waals surface area contributed by atoms with Crippen LogP contribution in [0.4, 0.5) is 16.3 Å². The van der Waals surface area contributed by atoms with Crippen molar-refractivity contribution < 1.29 is 4.79 Å². The summed E-state index contributed by atoms with van der Waals surface area (Å²) in [5.74, 6) is 2.13. The molecule has 1 fully saturated rings. The summed E-state index contributed by atoms with van der Waals surface area (Å²) in [4.78, 5) is 25.6. The van der Waals surface area contributed by atoms with Crippen LogP contribution in [0, 0.1) is 0 Å². The Balaban J connectivity index is 1.39. The van der Waals surface area contributed by atoms with E-state index in [0.717, 1.165) is 30.2 Å². The zero-order valence-corrected chi connectivity index (χ0v) is 14.4. The lowest BCUT2D eigenvalue weighted by atomic mass is 10.2. The predicted octanol–water partition coefficient (Wildman–Crippen LogP) is 1.66. The van der Waals surface area contributed by atoms with Crippen LogP contribution < -0.4 is 9.80 Å². The topological polar surface area (TPSA) is 85.0 Å². The Kier molecular flexibility index (Phi) is 3.27. The number of carbonyl (C=O) groups is 1. The van der Waals surface area contributed by atoms with Gasteiger partial charge in [-0.05, 0) is 25.0 Å². The van der Waals surface area contributed by atoms with Gasteiger partial charge in [0.25, 0.3) is 0 Å². The second-order valence-electron chi connectivity index (χ2n) is 6.60. The predicted molar refractivity (Wildman–Crippen MR) is 94.9 cm³/mol. The van der Waals surface area contributed by atoms with E-state index in [9.17, 15) is 4.79 Å². The minimum atomic E-state index is -0.214. The van der Waals surface area contributed by atoms with Gasteiger partial charge < -0.3 is 4.90 Å². The molecule has 1 saturated heterocycles. The molecule has 0 aromatic carbocycles. The molecule has 0 aliphatic carbocycles. The number of fused-ring (bicyclic) bond motifs is 1. The largest absolute Gasteiger partial charge is 0.357 e. The molecule has 3 aromatic heterocycles. The van der Waals surface area contributed by atoms with Crippen LogP contribution in [0.25, 0.3) is 11.4 Å². The van der Waals surface area contributed by atoms with Crippen molar-refractivity contribution in [2.45, 2.75) is 19.4 Å². The standard InChI is InChI=1S/C17H18N8O/c1-22-10-13(9-19-22)24-11-15-20-16(21-25(15)17(24)26)12-4-5-14(18-8-12)23-6-2-3-7-23/h4-5,8-10H,2-3,6-7,11H2,1H3.